The van der Waals surface area contributed by atoms with Crippen LogP contribution in [-0.4, -0.2) is 26.7 Å². The molecule has 6 nitrogen and oxygen atoms in total. The fourth-order valence-electron chi connectivity index (χ4n) is 3.45. The Morgan fingerprint density at radius 1 is 1.25 bits per heavy atom. The molecule has 1 fully saturated rings. The van der Waals surface area contributed by atoms with E-state index >= 15 is 0 Å². The maximum atomic E-state index is 13.5. The summed E-state index contributed by atoms with van der Waals surface area (Å²) in [7, 11) is 0. The monoisotopic (exact) mass is 466 g/mol. The Kier molecular flexibility index (Phi) is 5.44. The van der Waals surface area contributed by atoms with E-state index < -0.39 is 5.82 Å². The van der Waals surface area contributed by atoms with Crippen LogP contribution in [0.1, 0.15) is 31.4 Å². The molecule has 0 atom stereocenters. The van der Waals surface area contributed by atoms with Crippen LogP contribution in [0.4, 0.5) is 21.7 Å². The fraction of sp³-hybridized carbons (Fsp3) is 0.368. The van der Waals surface area contributed by atoms with Crippen molar-refractivity contribution in [1.82, 2.24) is 14.6 Å². The lowest BCUT2D eigenvalue weighted by Crippen LogP contribution is -2.33. The van der Waals surface area contributed by atoms with E-state index in [1.165, 1.54) is 6.07 Å². The smallest absolute Gasteiger partial charge is 0.174 e. The second kappa shape index (κ2) is 7.85. The van der Waals surface area contributed by atoms with Crippen LogP contribution < -0.4 is 16.4 Å². The summed E-state index contributed by atoms with van der Waals surface area (Å²) in [6, 6.07) is 7.04. The average Bonchev–Trinajstić information content (AvgIpc) is 2.95. The number of fused-ring (bicyclic) bond motifs is 1. The Hall–Kier alpha value is -1.90. The van der Waals surface area contributed by atoms with Crippen molar-refractivity contribution in [2.45, 2.75) is 44.7 Å². The van der Waals surface area contributed by atoms with Gasteiger partial charge in [-0.1, -0.05) is 11.6 Å². The van der Waals surface area contributed by atoms with E-state index in [-0.39, 0.29) is 5.02 Å². The van der Waals surface area contributed by atoms with E-state index in [4.69, 9.17) is 22.3 Å². The third kappa shape index (κ3) is 3.94. The van der Waals surface area contributed by atoms with Crippen molar-refractivity contribution in [1.29, 1.82) is 0 Å². The average molecular weight is 468 g/mol. The zero-order valence-corrected chi connectivity index (χ0v) is 17.7. The number of nitrogens with one attached hydrogen (secondary N) is 2. The molecule has 2 aromatic heterocycles. The van der Waals surface area contributed by atoms with Gasteiger partial charge >= 0.3 is 0 Å². The summed E-state index contributed by atoms with van der Waals surface area (Å²) in [5.74, 6) is 1.00. The Labute approximate surface area is 175 Å². The lowest BCUT2D eigenvalue weighted by Gasteiger charge is -2.27. The topological polar surface area (TPSA) is 80.3 Å². The molecule has 148 valence electrons. The molecule has 0 spiro atoms. The van der Waals surface area contributed by atoms with Gasteiger partial charge in [0, 0.05) is 23.8 Å². The van der Waals surface area contributed by atoms with Crippen LogP contribution in [0.15, 0.2) is 28.7 Å². The van der Waals surface area contributed by atoms with Gasteiger partial charge in [0.15, 0.2) is 5.65 Å². The standard InChI is InChI=1S/C19H21BrClFN6/c1-10-18(20)19-26-16(24-12-4-2-11(23)3-5-12)9-17(28(19)27-10)25-13-6-7-15(22)14(21)8-13/h6-9,11-12,25H,2-5,23H2,1H3,(H,24,26). The third-order valence-corrected chi connectivity index (χ3v) is 6.23. The molecule has 0 unspecified atom stereocenters. The number of nitrogens with zero attached hydrogens (tertiary/aromatic N) is 3. The molecule has 1 aromatic carbocycles. The number of hydrogen-bond donors (Lipinski definition) is 3. The molecule has 0 radical (unpaired) electrons. The Morgan fingerprint density at radius 2 is 2.00 bits per heavy atom. The van der Waals surface area contributed by atoms with Crippen molar-refractivity contribution < 1.29 is 4.39 Å². The van der Waals surface area contributed by atoms with Gasteiger partial charge in [0.25, 0.3) is 0 Å². The van der Waals surface area contributed by atoms with Gasteiger partial charge in [0.1, 0.15) is 17.5 Å². The van der Waals surface area contributed by atoms with Crippen LogP contribution in [0.3, 0.4) is 0 Å². The number of rotatable bonds is 4. The van der Waals surface area contributed by atoms with Crippen LogP contribution in [0.25, 0.3) is 5.65 Å². The Balaban J connectivity index is 1.69. The van der Waals surface area contributed by atoms with E-state index in [0.717, 1.165) is 41.7 Å². The Morgan fingerprint density at radius 3 is 2.71 bits per heavy atom. The molecule has 28 heavy (non-hydrogen) atoms. The summed E-state index contributed by atoms with van der Waals surface area (Å²) < 4.78 is 16.0. The minimum Gasteiger partial charge on any atom is -0.367 e. The normalized spacial score (nSPS) is 19.8. The lowest BCUT2D eigenvalue weighted by molar-refractivity contribution is 0.410. The number of aromatic nitrogens is 3. The molecule has 3 aromatic rings. The highest BCUT2D eigenvalue weighted by Gasteiger charge is 2.20. The molecule has 4 rings (SSSR count). The summed E-state index contributed by atoms with van der Waals surface area (Å²) in [5, 5.41) is 11.4. The zero-order valence-electron chi connectivity index (χ0n) is 15.3. The minimum atomic E-state index is -0.456. The predicted octanol–water partition coefficient (Wildman–Crippen LogP) is 5.02. The highest BCUT2D eigenvalue weighted by Crippen LogP contribution is 2.29. The summed E-state index contributed by atoms with van der Waals surface area (Å²) in [6.07, 6.45) is 4.05. The molecule has 2 heterocycles. The van der Waals surface area contributed by atoms with Gasteiger partial charge in [0.05, 0.1) is 15.2 Å². The molecule has 0 aliphatic heterocycles. The highest BCUT2D eigenvalue weighted by molar-refractivity contribution is 9.10. The minimum absolute atomic E-state index is 0.0602. The van der Waals surface area contributed by atoms with Crippen LogP contribution >= 0.6 is 27.5 Å². The maximum Gasteiger partial charge on any atom is 0.174 e. The van der Waals surface area contributed by atoms with Crippen LogP contribution in [-0.2, 0) is 0 Å². The number of aryl methyl sites for hydroxylation is 1. The van der Waals surface area contributed by atoms with E-state index in [1.807, 2.05) is 13.0 Å². The van der Waals surface area contributed by atoms with Gasteiger partial charge in [-0.25, -0.2) is 9.37 Å². The van der Waals surface area contributed by atoms with Gasteiger partial charge in [0.2, 0.25) is 0 Å². The predicted molar refractivity (Wildman–Crippen MR) is 114 cm³/mol. The number of nitrogens with two attached hydrogens (primary N) is 1. The third-order valence-electron chi connectivity index (χ3n) is 5.01. The maximum absolute atomic E-state index is 13.5. The van der Waals surface area contributed by atoms with E-state index in [1.54, 1.807) is 16.6 Å². The van der Waals surface area contributed by atoms with Gasteiger partial charge in [-0.3, -0.25) is 0 Å². The first-order valence-electron chi connectivity index (χ1n) is 9.21. The SMILES string of the molecule is Cc1nn2c(Nc3ccc(F)c(Cl)c3)cc(NC3CCC(N)CC3)nc2c1Br. The molecule has 0 amide bonds. The molecular formula is C19H21BrClFN6. The van der Waals surface area contributed by atoms with Crippen molar-refractivity contribution in [2.75, 3.05) is 10.6 Å². The first-order valence-corrected chi connectivity index (χ1v) is 10.4. The molecule has 1 aliphatic rings. The quantitative estimate of drug-likeness (QED) is 0.502. The number of benzene rings is 1. The molecule has 4 N–H and O–H groups in total. The second-order valence-electron chi connectivity index (χ2n) is 7.17. The Bertz CT molecular complexity index is 1020. The van der Waals surface area contributed by atoms with E-state index in [0.29, 0.717) is 29.2 Å². The van der Waals surface area contributed by atoms with Gasteiger partial charge < -0.3 is 16.4 Å². The first kappa shape index (κ1) is 19.4. The largest absolute Gasteiger partial charge is 0.367 e. The molecule has 0 saturated heterocycles. The summed E-state index contributed by atoms with van der Waals surface area (Å²) >= 11 is 9.49. The zero-order chi connectivity index (χ0) is 19.8. The van der Waals surface area contributed by atoms with Gasteiger partial charge in [-0.05, 0) is 66.7 Å². The highest BCUT2D eigenvalue weighted by atomic mass is 79.9. The van der Waals surface area contributed by atoms with Crippen molar-refractivity contribution >= 4 is 50.5 Å². The number of hydrogen-bond acceptors (Lipinski definition) is 5. The fourth-order valence-corrected chi connectivity index (χ4v) is 3.97. The second-order valence-corrected chi connectivity index (χ2v) is 8.37. The van der Waals surface area contributed by atoms with Gasteiger partial charge in [-0.2, -0.15) is 9.61 Å². The summed E-state index contributed by atoms with van der Waals surface area (Å²) in [5.41, 5.74) is 8.20. The van der Waals surface area contributed by atoms with Crippen LogP contribution in [0, 0.1) is 12.7 Å². The molecular weight excluding hydrogens is 447 g/mol. The summed E-state index contributed by atoms with van der Waals surface area (Å²) in [6.45, 7) is 1.91. The van der Waals surface area contributed by atoms with Crippen LogP contribution in [0.2, 0.25) is 5.02 Å². The first-order chi connectivity index (χ1) is 13.4. The molecule has 0 bridgehead atoms. The van der Waals surface area contributed by atoms with Crippen molar-refractivity contribution in [3.8, 4) is 0 Å². The lowest BCUT2D eigenvalue weighted by atomic mass is 9.92. The summed E-state index contributed by atoms with van der Waals surface area (Å²) in [4.78, 5) is 4.73. The number of anilines is 3. The molecule has 1 saturated carbocycles. The molecule has 9 heteroatoms. The van der Waals surface area contributed by atoms with E-state index in [2.05, 4.69) is 31.7 Å². The van der Waals surface area contributed by atoms with Crippen molar-refractivity contribution in [3.63, 3.8) is 0 Å². The van der Waals surface area contributed by atoms with E-state index in [9.17, 15) is 4.39 Å². The van der Waals surface area contributed by atoms with Crippen LogP contribution in [0.5, 0.6) is 0 Å². The van der Waals surface area contributed by atoms with Crippen molar-refractivity contribution in [2.24, 2.45) is 5.73 Å². The van der Waals surface area contributed by atoms with Gasteiger partial charge in [-0.15, -0.1) is 0 Å². The number of halogens is 3. The molecule has 1 aliphatic carbocycles. The van der Waals surface area contributed by atoms with Crippen molar-refractivity contribution in [3.05, 3.63) is 45.3 Å².